The molecule has 1 aromatic heterocycles. The number of amides is 1. The maximum Gasteiger partial charge on any atom is 0.276 e. The van der Waals surface area contributed by atoms with Crippen LogP contribution in [0.2, 0.25) is 0 Å². The average molecular weight is 326 g/mol. The molecule has 126 valence electrons. The van der Waals surface area contributed by atoms with Crippen LogP contribution < -0.4 is 0 Å². The largest absolute Gasteiger partial charge is 0.367 e. The van der Waals surface area contributed by atoms with Gasteiger partial charge in [-0.15, -0.1) is 0 Å². The lowest BCUT2D eigenvalue weighted by Gasteiger charge is -2.36. The zero-order chi connectivity index (χ0) is 16.5. The lowest BCUT2D eigenvalue weighted by atomic mass is 9.96. The molecule has 1 fully saturated rings. The van der Waals surface area contributed by atoms with Gasteiger partial charge in [-0.2, -0.15) is 0 Å². The lowest BCUT2D eigenvalue weighted by Crippen LogP contribution is -2.46. The van der Waals surface area contributed by atoms with Crippen LogP contribution in [0.4, 0.5) is 0 Å². The number of hydrogen-bond acceptors (Lipinski definition) is 4. The highest BCUT2D eigenvalue weighted by atomic mass is 16.5. The first-order valence-electron chi connectivity index (χ1n) is 8.69. The van der Waals surface area contributed by atoms with E-state index in [1.54, 1.807) is 0 Å². The normalized spacial score (nSPS) is 23.8. The highest BCUT2D eigenvalue weighted by Crippen LogP contribution is 2.29. The van der Waals surface area contributed by atoms with Gasteiger partial charge in [0.1, 0.15) is 11.9 Å². The van der Waals surface area contributed by atoms with Gasteiger partial charge in [0.15, 0.2) is 5.69 Å². The number of aryl methyl sites for hydroxylation is 1. The molecule has 0 unspecified atom stereocenters. The molecule has 0 bridgehead atoms. The summed E-state index contributed by atoms with van der Waals surface area (Å²) >= 11 is 0. The maximum absolute atomic E-state index is 13.0. The molecule has 24 heavy (non-hydrogen) atoms. The molecule has 1 aliphatic carbocycles. The second-order valence-electron chi connectivity index (χ2n) is 6.70. The summed E-state index contributed by atoms with van der Waals surface area (Å²) in [6, 6.07) is 10.1. The van der Waals surface area contributed by atoms with Crippen molar-refractivity contribution in [2.75, 3.05) is 13.1 Å². The molecule has 0 spiro atoms. The van der Waals surface area contributed by atoms with Gasteiger partial charge < -0.3 is 14.2 Å². The van der Waals surface area contributed by atoms with E-state index in [0.29, 0.717) is 18.8 Å². The van der Waals surface area contributed by atoms with Crippen LogP contribution in [-0.4, -0.2) is 35.2 Å². The molecule has 0 saturated carbocycles. The van der Waals surface area contributed by atoms with Crippen LogP contribution in [0.1, 0.15) is 53.2 Å². The predicted octanol–water partition coefficient (Wildman–Crippen LogP) is 3.16. The minimum absolute atomic E-state index is 0.00404. The summed E-state index contributed by atoms with van der Waals surface area (Å²) in [6.45, 7) is 3.15. The van der Waals surface area contributed by atoms with Crippen molar-refractivity contribution in [2.24, 2.45) is 0 Å². The standard InChI is InChI=1S/C19H22N2O3/c1-13-11-21(12-17(23-13)14-7-3-2-4-8-14)19(22)18-15-9-5-6-10-16(15)24-20-18/h2-4,7-8,13,17H,5-6,9-12H2,1H3/t13-,17+/m0/s1. The van der Waals surface area contributed by atoms with E-state index in [1.807, 2.05) is 42.2 Å². The molecule has 1 amide bonds. The Hall–Kier alpha value is -2.14. The van der Waals surface area contributed by atoms with Crippen LogP contribution in [-0.2, 0) is 17.6 Å². The second kappa shape index (κ2) is 6.40. The van der Waals surface area contributed by atoms with Crippen molar-refractivity contribution < 1.29 is 14.1 Å². The number of carbonyl (C=O) groups excluding carboxylic acids is 1. The first-order chi connectivity index (χ1) is 11.7. The average Bonchev–Trinajstić information content (AvgIpc) is 3.05. The molecule has 2 heterocycles. The quantitative estimate of drug-likeness (QED) is 0.851. The van der Waals surface area contributed by atoms with Crippen molar-refractivity contribution in [3.05, 3.63) is 52.9 Å². The molecule has 0 radical (unpaired) electrons. The molecular formula is C19H22N2O3. The summed E-state index contributed by atoms with van der Waals surface area (Å²) in [5.41, 5.74) is 2.62. The lowest BCUT2D eigenvalue weighted by molar-refractivity contribution is -0.0693. The van der Waals surface area contributed by atoms with Gasteiger partial charge >= 0.3 is 0 Å². The Kier molecular flexibility index (Phi) is 4.10. The van der Waals surface area contributed by atoms with Gasteiger partial charge in [-0.3, -0.25) is 4.79 Å². The van der Waals surface area contributed by atoms with Crippen molar-refractivity contribution in [3.63, 3.8) is 0 Å². The molecular weight excluding hydrogens is 304 g/mol. The number of aromatic nitrogens is 1. The monoisotopic (exact) mass is 326 g/mol. The first-order valence-corrected chi connectivity index (χ1v) is 8.69. The SMILES string of the molecule is C[C@H]1CN(C(=O)c2noc3c2CCCC3)C[C@H](c2ccccc2)O1. The third-order valence-electron chi connectivity index (χ3n) is 4.87. The minimum Gasteiger partial charge on any atom is -0.367 e. The van der Waals surface area contributed by atoms with E-state index in [-0.39, 0.29) is 18.1 Å². The zero-order valence-corrected chi connectivity index (χ0v) is 13.9. The van der Waals surface area contributed by atoms with Crippen LogP contribution in [0.5, 0.6) is 0 Å². The van der Waals surface area contributed by atoms with E-state index < -0.39 is 0 Å². The summed E-state index contributed by atoms with van der Waals surface area (Å²) in [6.07, 6.45) is 3.89. The third kappa shape index (κ3) is 2.84. The van der Waals surface area contributed by atoms with Crippen molar-refractivity contribution in [3.8, 4) is 0 Å². The number of carbonyl (C=O) groups is 1. The summed E-state index contributed by atoms with van der Waals surface area (Å²) in [7, 11) is 0. The predicted molar refractivity (Wildman–Crippen MR) is 88.8 cm³/mol. The van der Waals surface area contributed by atoms with Crippen molar-refractivity contribution >= 4 is 5.91 Å². The summed E-state index contributed by atoms with van der Waals surface area (Å²) < 4.78 is 11.5. The number of nitrogens with zero attached hydrogens (tertiary/aromatic N) is 2. The zero-order valence-electron chi connectivity index (χ0n) is 13.9. The highest BCUT2D eigenvalue weighted by molar-refractivity contribution is 5.94. The molecule has 4 rings (SSSR count). The number of ether oxygens (including phenoxy) is 1. The molecule has 1 aliphatic heterocycles. The maximum atomic E-state index is 13.0. The van der Waals surface area contributed by atoms with Crippen LogP contribution >= 0.6 is 0 Å². The van der Waals surface area contributed by atoms with Crippen molar-refractivity contribution in [2.45, 2.75) is 44.8 Å². The number of hydrogen-bond donors (Lipinski definition) is 0. The topological polar surface area (TPSA) is 55.6 Å². The fourth-order valence-electron chi connectivity index (χ4n) is 3.67. The number of morpholine rings is 1. The van der Waals surface area contributed by atoms with Crippen LogP contribution in [0.25, 0.3) is 0 Å². The van der Waals surface area contributed by atoms with Gasteiger partial charge in [-0.05, 0) is 31.7 Å². The van der Waals surface area contributed by atoms with E-state index in [4.69, 9.17) is 9.26 Å². The molecule has 2 aliphatic rings. The van der Waals surface area contributed by atoms with E-state index >= 15 is 0 Å². The summed E-state index contributed by atoms with van der Waals surface area (Å²) in [4.78, 5) is 14.9. The number of fused-ring (bicyclic) bond motifs is 1. The Labute approximate surface area is 141 Å². The Morgan fingerprint density at radius 1 is 1.17 bits per heavy atom. The second-order valence-corrected chi connectivity index (χ2v) is 6.70. The van der Waals surface area contributed by atoms with E-state index in [9.17, 15) is 4.79 Å². The van der Waals surface area contributed by atoms with Crippen LogP contribution in [0.15, 0.2) is 34.9 Å². The molecule has 5 heteroatoms. The fourth-order valence-corrected chi connectivity index (χ4v) is 3.67. The van der Waals surface area contributed by atoms with Gasteiger partial charge in [0, 0.05) is 18.5 Å². The summed E-state index contributed by atoms with van der Waals surface area (Å²) in [5, 5.41) is 4.09. The fraction of sp³-hybridized carbons (Fsp3) is 0.474. The van der Waals surface area contributed by atoms with Crippen LogP contribution in [0.3, 0.4) is 0 Å². The van der Waals surface area contributed by atoms with Crippen LogP contribution in [0, 0.1) is 0 Å². The summed E-state index contributed by atoms with van der Waals surface area (Å²) in [5.74, 6) is 0.864. The first kappa shape index (κ1) is 15.4. The Morgan fingerprint density at radius 2 is 1.96 bits per heavy atom. The molecule has 1 aromatic carbocycles. The van der Waals surface area contributed by atoms with Crippen molar-refractivity contribution in [1.82, 2.24) is 10.1 Å². The molecule has 0 N–H and O–H groups in total. The van der Waals surface area contributed by atoms with E-state index in [1.165, 1.54) is 0 Å². The van der Waals surface area contributed by atoms with Gasteiger partial charge in [-0.25, -0.2) is 0 Å². The van der Waals surface area contributed by atoms with Gasteiger partial charge in [0.25, 0.3) is 5.91 Å². The van der Waals surface area contributed by atoms with Gasteiger partial charge in [0.2, 0.25) is 0 Å². The van der Waals surface area contributed by atoms with Gasteiger partial charge in [-0.1, -0.05) is 35.5 Å². The van der Waals surface area contributed by atoms with Crippen molar-refractivity contribution in [1.29, 1.82) is 0 Å². The number of rotatable bonds is 2. The Bertz CT molecular complexity index is 725. The third-order valence-corrected chi connectivity index (χ3v) is 4.87. The van der Waals surface area contributed by atoms with E-state index in [0.717, 1.165) is 42.6 Å². The Morgan fingerprint density at radius 3 is 2.79 bits per heavy atom. The van der Waals surface area contributed by atoms with Gasteiger partial charge in [0.05, 0.1) is 12.6 Å². The molecule has 2 atom stereocenters. The molecule has 1 saturated heterocycles. The van der Waals surface area contributed by atoms with E-state index in [2.05, 4.69) is 5.16 Å². The minimum atomic E-state index is -0.0957. The molecule has 5 nitrogen and oxygen atoms in total. The highest BCUT2D eigenvalue weighted by Gasteiger charge is 2.33. The smallest absolute Gasteiger partial charge is 0.276 e. The Balaban J connectivity index is 1.57. The molecule has 2 aromatic rings. The number of benzene rings is 1.